The number of carboxylic acids is 1. The molecule has 0 fully saturated rings. The zero-order valence-electron chi connectivity index (χ0n) is 16.1. The van der Waals surface area contributed by atoms with E-state index in [0.29, 0.717) is 12.8 Å². The van der Waals surface area contributed by atoms with Crippen molar-refractivity contribution in [3.05, 3.63) is 11.8 Å². The van der Waals surface area contributed by atoms with Crippen molar-refractivity contribution >= 4 is 17.8 Å². The Bertz CT molecular complexity index is 580. The van der Waals surface area contributed by atoms with Crippen LogP contribution in [0.15, 0.2) is 11.8 Å². The van der Waals surface area contributed by atoms with Crippen molar-refractivity contribution < 1.29 is 39.5 Å². The van der Waals surface area contributed by atoms with Crippen molar-refractivity contribution in [1.82, 2.24) is 10.6 Å². The Morgan fingerprint density at radius 2 is 1.89 bits per heavy atom. The number of carbonyl (C=O) groups excluding carboxylic acids is 2. The van der Waals surface area contributed by atoms with Crippen LogP contribution in [0.2, 0.25) is 0 Å². The van der Waals surface area contributed by atoms with Crippen LogP contribution in [0.5, 0.6) is 0 Å². The monoisotopic (exact) mass is 402 g/mol. The van der Waals surface area contributed by atoms with Crippen molar-refractivity contribution in [2.24, 2.45) is 0 Å². The third kappa shape index (κ3) is 7.45. The second-order valence-corrected chi connectivity index (χ2v) is 6.81. The predicted molar refractivity (Wildman–Crippen MR) is 98.0 cm³/mol. The molecule has 10 nitrogen and oxygen atoms in total. The molecule has 0 saturated heterocycles. The van der Waals surface area contributed by atoms with Crippen molar-refractivity contribution in [2.45, 2.75) is 76.4 Å². The fourth-order valence-corrected chi connectivity index (χ4v) is 2.88. The molecule has 2 amide bonds. The van der Waals surface area contributed by atoms with Crippen molar-refractivity contribution in [3.63, 3.8) is 0 Å². The summed E-state index contributed by atoms with van der Waals surface area (Å²) in [5.41, 5.74) is 0. The van der Waals surface area contributed by atoms with E-state index in [9.17, 15) is 29.7 Å². The van der Waals surface area contributed by atoms with Crippen LogP contribution in [0.25, 0.3) is 0 Å². The molecule has 1 aliphatic heterocycles. The van der Waals surface area contributed by atoms with Crippen molar-refractivity contribution in [1.29, 1.82) is 0 Å². The van der Waals surface area contributed by atoms with Gasteiger partial charge in [-0.2, -0.15) is 0 Å². The summed E-state index contributed by atoms with van der Waals surface area (Å²) < 4.78 is 5.18. The first-order chi connectivity index (χ1) is 13.2. The number of aliphatic hydroxyl groups is 3. The molecule has 5 atom stereocenters. The fourth-order valence-electron chi connectivity index (χ4n) is 2.88. The highest BCUT2D eigenvalue weighted by atomic mass is 16.5. The Labute approximate surface area is 163 Å². The van der Waals surface area contributed by atoms with Gasteiger partial charge in [-0.15, -0.1) is 0 Å². The number of amides is 2. The van der Waals surface area contributed by atoms with Gasteiger partial charge in [0.15, 0.2) is 6.10 Å². The highest BCUT2D eigenvalue weighted by molar-refractivity contribution is 5.84. The maximum Gasteiger partial charge on any atom is 0.370 e. The first-order valence-corrected chi connectivity index (χ1v) is 9.37. The average Bonchev–Trinajstić information content (AvgIpc) is 2.63. The van der Waals surface area contributed by atoms with Gasteiger partial charge in [0.05, 0.1) is 6.04 Å². The molecule has 3 unspecified atom stereocenters. The summed E-state index contributed by atoms with van der Waals surface area (Å²) in [6, 6.07) is -1.17. The van der Waals surface area contributed by atoms with Gasteiger partial charge in [-0.05, 0) is 12.5 Å². The molecule has 0 aromatic heterocycles. The van der Waals surface area contributed by atoms with Crippen molar-refractivity contribution in [2.75, 3.05) is 6.54 Å². The highest BCUT2D eigenvalue weighted by Gasteiger charge is 2.43. The summed E-state index contributed by atoms with van der Waals surface area (Å²) in [6.07, 6.45) is -1.13. The number of nitrogens with one attached hydrogen (secondary N) is 2. The molecule has 1 heterocycles. The third-order valence-corrected chi connectivity index (χ3v) is 4.38. The molecule has 0 aromatic carbocycles. The van der Waals surface area contributed by atoms with E-state index < -0.39 is 48.1 Å². The highest BCUT2D eigenvalue weighted by Crippen LogP contribution is 2.23. The molecular formula is C18H30N2O8. The summed E-state index contributed by atoms with van der Waals surface area (Å²) in [5, 5.41) is 44.6. The molecule has 10 heteroatoms. The number of rotatable bonds is 11. The fraction of sp³-hybridized carbons (Fsp3) is 0.722. The number of carbonyl (C=O) groups is 3. The zero-order valence-corrected chi connectivity index (χ0v) is 16.1. The molecule has 1 aliphatic rings. The van der Waals surface area contributed by atoms with E-state index in [1.165, 1.54) is 6.92 Å². The first kappa shape index (κ1) is 23.9. The van der Waals surface area contributed by atoms with E-state index in [2.05, 4.69) is 17.6 Å². The molecular weight excluding hydrogens is 372 g/mol. The summed E-state index contributed by atoms with van der Waals surface area (Å²) in [6.45, 7) is 2.95. The Kier molecular flexibility index (Phi) is 9.91. The van der Waals surface area contributed by atoms with Crippen LogP contribution < -0.4 is 10.6 Å². The van der Waals surface area contributed by atoms with Gasteiger partial charge >= 0.3 is 5.97 Å². The van der Waals surface area contributed by atoms with E-state index in [-0.39, 0.29) is 12.5 Å². The van der Waals surface area contributed by atoms with Crippen molar-refractivity contribution in [3.8, 4) is 0 Å². The minimum atomic E-state index is -1.67. The van der Waals surface area contributed by atoms with Gasteiger partial charge in [0, 0.05) is 19.9 Å². The number of aliphatic hydroxyl groups excluding tert-OH is 3. The van der Waals surface area contributed by atoms with Crippen LogP contribution >= 0.6 is 0 Å². The van der Waals surface area contributed by atoms with E-state index in [1.807, 2.05) is 0 Å². The number of unbranched alkanes of at least 4 members (excludes halogenated alkanes) is 3. The Hall–Kier alpha value is -2.17. The zero-order chi connectivity index (χ0) is 21.3. The maximum absolute atomic E-state index is 11.8. The van der Waals surface area contributed by atoms with Gasteiger partial charge in [-0.25, -0.2) is 4.79 Å². The summed E-state index contributed by atoms with van der Waals surface area (Å²) in [4.78, 5) is 34.3. The second-order valence-electron chi connectivity index (χ2n) is 6.81. The normalized spacial score (nSPS) is 23.8. The lowest BCUT2D eigenvalue weighted by Crippen LogP contribution is -2.60. The third-order valence-electron chi connectivity index (χ3n) is 4.38. The Balaban J connectivity index is 2.69. The molecule has 160 valence electrons. The maximum atomic E-state index is 11.8. The minimum Gasteiger partial charge on any atom is -0.478 e. The SMILES string of the molecule is CCCCCCC(=O)NCC(O)C(O)C1OC(C(=O)O)=C[C@@H](O)[C@H]1NC(C)=O. The van der Waals surface area contributed by atoms with E-state index in [0.717, 1.165) is 25.3 Å². The van der Waals surface area contributed by atoms with Crippen LogP contribution in [0, 0.1) is 0 Å². The van der Waals surface area contributed by atoms with Gasteiger partial charge in [0.1, 0.15) is 18.3 Å². The topological polar surface area (TPSA) is 165 Å². The second kappa shape index (κ2) is 11.6. The average molecular weight is 402 g/mol. The van der Waals surface area contributed by atoms with Gasteiger partial charge in [0.25, 0.3) is 0 Å². The molecule has 0 radical (unpaired) electrons. The summed E-state index contributed by atoms with van der Waals surface area (Å²) >= 11 is 0. The van der Waals surface area contributed by atoms with Gasteiger partial charge in [0.2, 0.25) is 17.6 Å². The molecule has 0 aromatic rings. The standard InChI is InChI=1S/C18H30N2O8/c1-3-4-5-6-7-14(24)19-9-12(23)16(25)17-15(20-10(2)21)11(22)8-13(28-17)18(26)27/h8,11-12,15-17,22-23,25H,3-7,9H2,1-2H3,(H,19,24)(H,20,21)(H,26,27)/t11-,12?,15-,16?,17?/m1/s1. The smallest absolute Gasteiger partial charge is 0.370 e. The molecule has 0 spiro atoms. The molecule has 0 saturated carbocycles. The van der Waals surface area contributed by atoms with Crippen LogP contribution in [-0.4, -0.2) is 75.2 Å². The van der Waals surface area contributed by atoms with Gasteiger partial charge in [-0.3, -0.25) is 9.59 Å². The van der Waals surface area contributed by atoms with Gasteiger partial charge in [-0.1, -0.05) is 26.2 Å². The summed E-state index contributed by atoms with van der Waals surface area (Å²) in [7, 11) is 0. The van der Waals surface area contributed by atoms with Crippen LogP contribution in [-0.2, 0) is 19.1 Å². The van der Waals surface area contributed by atoms with Crippen LogP contribution in [0.1, 0.15) is 46.0 Å². The lowest BCUT2D eigenvalue weighted by molar-refractivity contribution is -0.147. The van der Waals surface area contributed by atoms with E-state index in [1.54, 1.807) is 0 Å². The largest absolute Gasteiger partial charge is 0.478 e. The lowest BCUT2D eigenvalue weighted by atomic mass is 9.93. The van der Waals surface area contributed by atoms with E-state index in [4.69, 9.17) is 9.84 Å². The molecule has 6 N–H and O–H groups in total. The number of hydrogen-bond acceptors (Lipinski definition) is 7. The van der Waals surface area contributed by atoms with E-state index >= 15 is 0 Å². The molecule has 1 rings (SSSR count). The predicted octanol–water partition coefficient (Wildman–Crippen LogP) is -0.972. The number of ether oxygens (including phenoxy) is 1. The lowest BCUT2D eigenvalue weighted by Gasteiger charge is -2.38. The minimum absolute atomic E-state index is 0.281. The number of carboxylic acid groups (broad SMARTS) is 1. The Morgan fingerprint density at radius 1 is 1.21 bits per heavy atom. The molecule has 0 aliphatic carbocycles. The first-order valence-electron chi connectivity index (χ1n) is 9.37. The number of aliphatic carboxylic acids is 1. The number of hydrogen-bond donors (Lipinski definition) is 6. The summed E-state index contributed by atoms with van der Waals surface area (Å²) in [5.74, 6) is -2.89. The molecule has 0 bridgehead atoms. The van der Waals surface area contributed by atoms with Crippen LogP contribution in [0.3, 0.4) is 0 Å². The quantitative estimate of drug-likeness (QED) is 0.240. The molecule has 28 heavy (non-hydrogen) atoms. The van der Waals surface area contributed by atoms with Crippen LogP contribution in [0.4, 0.5) is 0 Å². The Morgan fingerprint density at radius 3 is 2.46 bits per heavy atom. The van der Waals surface area contributed by atoms with Gasteiger partial charge < -0.3 is 35.8 Å².